The number of hydrogen-bond acceptors (Lipinski definition) is 4. The van der Waals surface area contributed by atoms with Crippen LogP contribution >= 0.6 is 0 Å². The van der Waals surface area contributed by atoms with Crippen molar-refractivity contribution in [2.75, 3.05) is 33.8 Å². The third-order valence-corrected chi connectivity index (χ3v) is 2.29. The number of nitrogens with zero attached hydrogens (tertiary/aromatic N) is 3. The Morgan fingerprint density at radius 1 is 1.47 bits per heavy atom. The van der Waals surface area contributed by atoms with Crippen molar-refractivity contribution in [2.24, 2.45) is 0 Å². The average molecular weight is 209 g/mol. The minimum absolute atomic E-state index is 0.0688. The second-order valence-corrected chi connectivity index (χ2v) is 3.35. The summed E-state index contributed by atoms with van der Waals surface area (Å²) in [5.74, 6) is 0.117. The topological polar surface area (TPSA) is 37.1 Å². The lowest BCUT2D eigenvalue weighted by Gasteiger charge is -2.19. The van der Waals surface area contributed by atoms with E-state index < -0.39 is 5.97 Å². The van der Waals surface area contributed by atoms with Gasteiger partial charge < -0.3 is 14.5 Å². The number of hydrogen-bond donors (Lipinski definition) is 0. The minimum Gasteiger partial charge on any atom is -0.471 e. The molecule has 5 heteroatoms. The van der Waals surface area contributed by atoms with Crippen molar-refractivity contribution < 1.29 is 9.53 Å². The standard InChI is InChI=1S/C10H15N3O2/c1-5-15-10(14)8(11-2)9-12(3)6-7-13(9)4/h5-7H2,1,3-4H3. The molecule has 15 heavy (non-hydrogen) atoms. The smallest absolute Gasteiger partial charge is 0.340 e. The van der Waals surface area contributed by atoms with Gasteiger partial charge in [0.15, 0.2) is 0 Å². The monoisotopic (exact) mass is 209 g/mol. The highest BCUT2D eigenvalue weighted by atomic mass is 16.5. The quantitative estimate of drug-likeness (QED) is 0.377. The molecule has 0 aromatic rings. The highest BCUT2D eigenvalue weighted by molar-refractivity contribution is 5.91. The first kappa shape index (κ1) is 11.4. The van der Waals surface area contributed by atoms with Gasteiger partial charge in [-0.15, -0.1) is 0 Å². The third-order valence-electron chi connectivity index (χ3n) is 2.29. The van der Waals surface area contributed by atoms with Crippen LogP contribution in [0, 0.1) is 6.57 Å². The van der Waals surface area contributed by atoms with E-state index in [1.54, 1.807) is 6.92 Å². The Bertz CT molecular complexity index is 318. The van der Waals surface area contributed by atoms with E-state index in [4.69, 9.17) is 11.3 Å². The van der Waals surface area contributed by atoms with Crippen LogP contribution in [0.2, 0.25) is 0 Å². The van der Waals surface area contributed by atoms with E-state index in [1.807, 2.05) is 23.9 Å². The molecule has 1 heterocycles. The maximum absolute atomic E-state index is 11.5. The molecule has 0 spiro atoms. The molecule has 1 aliphatic rings. The maximum atomic E-state index is 11.5. The van der Waals surface area contributed by atoms with Crippen LogP contribution in [-0.4, -0.2) is 49.6 Å². The summed E-state index contributed by atoms with van der Waals surface area (Å²) in [6.45, 7) is 10.7. The summed E-state index contributed by atoms with van der Waals surface area (Å²) < 4.78 is 4.84. The zero-order valence-electron chi connectivity index (χ0n) is 9.28. The van der Waals surface area contributed by atoms with Gasteiger partial charge in [0, 0.05) is 27.2 Å². The van der Waals surface area contributed by atoms with Gasteiger partial charge in [0.1, 0.15) is 5.82 Å². The van der Waals surface area contributed by atoms with E-state index in [-0.39, 0.29) is 5.70 Å². The zero-order valence-corrected chi connectivity index (χ0v) is 9.28. The van der Waals surface area contributed by atoms with Crippen LogP contribution in [0.3, 0.4) is 0 Å². The maximum Gasteiger partial charge on any atom is 0.340 e. The third kappa shape index (κ3) is 2.21. The molecule has 0 bridgehead atoms. The van der Waals surface area contributed by atoms with E-state index >= 15 is 0 Å². The molecule has 0 aromatic carbocycles. The molecule has 5 nitrogen and oxygen atoms in total. The summed E-state index contributed by atoms with van der Waals surface area (Å²) >= 11 is 0. The van der Waals surface area contributed by atoms with Crippen LogP contribution in [0.4, 0.5) is 0 Å². The number of likely N-dealkylation sites (N-methyl/N-ethyl adjacent to an activating group) is 2. The lowest BCUT2D eigenvalue weighted by Crippen LogP contribution is -2.22. The highest BCUT2D eigenvalue weighted by Gasteiger charge is 2.27. The molecule has 1 saturated heterocycles. The lowest BCUT2D eigenvalue weighted by atomic mass is 10.4. The van der Waals surface area contributed by atoms with Gasteiger partial charge in [0.2, 0.25) is 0 Å². The van der Waals surface area contributed by atoms with Crippen molar-refractivity contribution in [2.45, 2.75) is 6.92 Å². The molecule has 0 aliphatic carbocycles. The molecule has 0 saturated carbocycles. The van der Waals surface area contributed by atoms with Crippen molar-refractivity contribution in [3.8, 4) is 0 Å². The summed E-state index contributed by atoms with van der Waals surface area (Å²) in [6.07, 6.45) is 0. The minimum atomic E-state index is -0.539. The Kier molecular flexibility index (Phi) is 3.56. The van der Waals surface area contributed by atoms with Crippen LogP contribution in [0.25, 0.3) is 4.85 Å². The van der Waals surface area contributed by atoms with E-state index in [0.717, 1.165) is 13.1 Å². The highest BCUT2D eigenvalue weighted by Crippen LogP contribution is 2.20. The zero-order chi connectivity index (χ0) is 11.4. The van der Waals surface area contributed by atoms with Gasteiger partial charge in [-0.25, -0.2) is 4.85 Å². The van der Waals surface area contributed by atoms with Crippen LogP contribution in [0.15, 0.2) is 11.5 Å². The molecule has 0 radical (unpaired) electrons. The van der Waals surface area contributed by atoms with E-state index in [2.05, 4.69) is 4.85 Å². The first-order chi connectivity index (χ1) is 7.11. The Morgan fingerprint density at radius 2 is 2.00 bits per heavy atom. The largest absolute Gasteiger partial charge is 0.471 e. The molecule has 0 N–H and O–H groups in total. The van der Waals surface area contributed by atoms with E-state index in [9.17, 15) is 4.79 Å². The molecule has 1 aliphatic heterocycles. The Labute approximate surface area is 89.7 Å². The molecule has 1 fully saturated rings. The Hall–Kier alpha value is -1.70. The Balaban J connectivity index is 3.02. The van der Waals surface area contributed by atoms with Gasteiger partial charge in [-0.1, -0.05) is 0 Å². The first-order valence-corrected chi connectivity index (χ1v) is 4.83. The fourth-order valence-electron chi connectivity index (χ4n) is 1.55. The summed E-state index contributed by atoms with van der Waals surface area (Å²) in [7, 11) is 3.73. The number of carbonyl (C=O) groups is 1. The SMILES string of the molecule is [C-]#[N+]C(C(=O)OCC)=C1N(C)CCN1C. The van der Waals surface area contributed by atoms with Crippen molar-refractivity contribution in [3.63, 3.8) is 0 Å². The number of carbonyl (C=O) groups excluding carboxylic acids is 1. The second-order valence-electron chi connectivity index (χ2n) is 3.35. The van der Waals surface area contributed by atoms with Crippen LogP contribution in [0.5, 0.6) is 0 Å². The van der Waals surface area contributed by atoms with Crippen molar-refractivity contribution in [1.29, 1.82) is 0 Å². The number of esters is 1. The van der Waals surface area contributed by atoms with Crippen LogP contribution in [-0.2, 0) is 9.53 Å². The molecule has 0 amide bonds. The van der Waals surface area contributed by atoms with Crippen LogP contribution < -0.4 is 0 Å². The lowest BCUT2D eigenvalue weighted by molar-refractivity contribution is -0.138. The molecule has 0 unspecified atom stereocenters. The van der Waals surface area contributed by atoms with E-state index in [0.29, 0.717) is 12.4 Å². The summed E-state index contributed by atoms with van der Waals surface area (Å²) in [5, 5.41) is 0. The molecular weight excluding hydrogens is 194 g/mol. The second kappa shape index (κ2) is 4.69. The van der Waals surface area contributed by atoms with Crippen molar-refractivity contribution in [3.05, 3.63) is 22.9 Å². The molecule has 0 atom stereocenters. The first-order valence-electron chi connectivity index (χ1n) is 4.83. The number of ether oxygens (including phenoxy) is 1. The summed E-state index contributed by atoms with van der Waals surface area (Å²) in [5.41, 5.74) is 0.0688. The van der Waals surface area contributed by atoms with E-state index in [1.165, 1.54) is 0 Å². The van der Waals surface area contributed by atoms with Gasteiger partial charge in [-0.2, -0.15) is 0 Å². The summed E-state index contributed by atoms with van der Waals surface area (Å²) in [6, 6.07) is 0. The normalized spacial score (nSPS) is 15.2. The summed E-state index contributed by atoms with van der Waals surface area (Å²) in [4.78, 5) is 18.6. The van der Waals surface area contributed by atoms with Gasteiger partial charge in [-0.3, -0.25) is 4.79 Å². The molecule has 1 rings (SSSR count). The van der Waals surface area contributed by atoms with Crippen LogP contribution in [0.1, 0.15) is 6.92 Å². The fraction of sp³-hybridized carbons (Fsp3) is 0.600. The molecule has 0 aromatic heterocycles. The van der Waals surface area contributed by atoms with Gasteiger partial charge >= 0.3 is 11.7 Å². The van der Waals surface area contributed by atoms with Gasteiger partial charge in [0.25, 0.3) is 0 Å². The van der Waals surface area contributed by atoms with Crippen molar-refractivity contribution >= 4 is 5.97 Å². The van der Waals surface area contributed by atoms with Gasteiger partial charge in [0.05, 0.1) is 13.2 Å². The molecule has 82 valence electrons. The van der Waals surface area contributed by atoms with Crippen molar-refractivity contribution in [1.82, 2.24) is 9.80 Å². The predicted molar refractivity (Wildman–Crippen MR) is 55.5 cm³/mol. The fourth-order valence-corrected chi connectivity index (χ4v) is 1.55. The number of rotatable bonds is 2. The predicted octanol–water partition coefficient (Wildman–Crippen LogP) is 0.515. The van der Waals surface area contributed by atoms with Gasteiger partial charge in [-0.05, 0) is 6.92 Å². The molecular formula is C10H15N3O2. The average Bonchev–Trinajstić information content (AvgIpc) is 2.51. The Morgan fingerprint density at radius 3 is 2.40 bits per heavy atom.